The number of aromatic nitrogens is 1. The number of pyridine rings is 1. The largest absolute Gasteiger partial charge is 0.383 e. The van der Waals surface area contributed by atoms with Gasteiger partial charge in [-0.15, -0.1) is 11.3 Å². The molecule has 0 unspecified atom stereocenters. The van der Waals surface area contributed by atoms with E-state index < -0.39 is 0 Å². The van der Waals surface area contributed by atoms with Gasteiger partial charge < -0.3 is 14.5 Å². The molecule has 1 aliphatic rings. The molecule has 0 N–H and O–H groups in total. The number of thiophene rings is 1. The number of hydrogen-bond acceptors (Lipinski definition) is 5. The molecule has 0 bridgehead atoms. The highest BCUT2D eigenvalue weighted by molar-refractivity contribution is 7.12. The summed E-state index contributed by atoms with van der Waals surface area (Å²) in [5.74, 6) is 1.06. The quantitative estimate of drug-likeness (QED) is 0.868. The summed E-state index contributed by atoms with van der Waals surface area (Å²) in [4.78, 5) is 22.0. The van der Waals surface area contributed by atoms with E-state index in [1.807, 2.05) is 34.5 Å². The maximum Gasteiger partial charge on any atom is 0.264 e. The fourth-order valence-electron chi connectivity index (χ4n) is 2.62. The minimum absolute atomic E-state index is 0.0957. The molecule has 22 heavy (non-hydrogen) atoms. The Labute approximate surface area is 134 Å². The van der Waals surface area contributed by atoms with E-state index in [0.717, 1.165) is 29.3 Å². The van der Waals surface area contributed by atoms with Crippen molar-refractivity contribution in [2.45, 2.75) is 6.54 Å². The second-order valence-corrected chi connectivity index (χ2v) is 6.12. The first-order valence-corrected chi connectivity index (χ1v) is 8.18. The third kappa shape index (κ3) is 3.13. The van der Waals surface area contributed by atoms with Crippen LogP contribution in [0.2, 0.25) is 0 Å². The van der Waals surface area contributed by atoms with Crippen LogP contribution in [0.25, 0.3) is 0 Å². The van der Waals surface area contributed by atoms with Crippen LogP contribution in [-0.2, 0) is 11.3 Å². The number of ether oxygens (including phenoxy) is 1. The molecule has 1 amide bonds. The van der Waals surface area contributed by atoms with Gasteiger partial charge >= 0.3 is 0 Å². The van der Waals surface area contributed by atoms with Crippen molar-refractivity contribution in [1.29, 1.82) is 0 Å². The van der Waals surface area contributed by atoms with Crippen molar-refractivity contribution in [2.75, 3.05) is 38.3 Å². The predicted molar refractivity (Wildman–Crippen MR) is 87.4 cm³/mol. The Hall–Kier alpha value is -1.92. The average molecular weight is 317 g/mol. The molecule has 0 spiro atoms. The number of methoxy groups -OCH3 is 1. The van der Waals surface area contributed by atoms with E-state index >= 15 is 0 Å². The number of carbonyl (C=O) groups excluding carboxylic acids is 1. The van der Waals surface area contributed by atoms with Crippen LogP contribution in [0.5, 0.6) is 0 Å². The van der Waals surface area contributed by atoms with Gasteiger partial charge in [-0.05, 0) is 17.5 Å². The lowest BCUT2D eigenvalue weighted by Crippen LogP contribution is -2.36. The minimum atomic E-state index is 0.0957. The summed E-state index contributed by atoms with van der Waals surface area (Å²) in [5, 5.41) is 1.94. The van der Waals surface area contributed by atoms with Gasteiger partial charge in [0.1, 0.15) is 5.82 Å². The summed E-state index contributed by atoms with van der Waals surface area (Å²) in [7, 11) is 1.70. The third-order valence-electron chi connectivity index (χ3n) is 3.75. The Morgan fingerprint density at radius 3 is 3.05 bits per heavy atom. The van der Waals surface area contributed by atoms with Gasteiger partial charge in [0.15, 0.2) is 0 Å². The molecule has 0 fully saturated rings. The van der Waals surface area contributed by atoms with Crippen molar-refractivity contribution in [3.05, 3.63) is 46.3 Å². The number of hydrogen-bond donors (Lipinski definition) is 0. The smallest absolute Gasteiger partial charge is 0.264 e. The molecule has 0 saturated carbocycles. The molecule has 2 aromatic heterocycles. The van der Waals surface area contributed by atoms with E-state index in [-0.39, 0.29) is 5.91 Å². The second-order valence-electron chi connectivity index (χ2n) is 5.17. The van der Waals surface area contributed by atoms with E-state index in [9.17, 15) is 4.79 Å². The highest BCUT2D eigenvalue weighted by Gasteiger charge is 2.24. The maximum atomic E-state index is 12.6. The maximum absolute atomic E-state index is 12.6. The summed E-state index contributed by atoms with van der Waals surface area (Å²) in [6.45, 7) is 3.49. The molecule has 0 aliphatic carbocycles. The molecule has 0 aromatic carbocycles. The van der Waals surface area contributed by atoms with Crippen LogP contribution in [0.1, 0.15) is 15.2 Å². The van der Waals surface area contributed by atoms with Crippen LogP contribution in [0.4, 0.5) is 5.82 Å². The summed E-state index contributed by atoms with van der Waals surface area (Å²) in [6.07, 6.45) is 1.80. The summed E-state index contributed by atoms with van der Waals surface area (Å²) in [5.41, 5.74) is 1.08. The van der Waals surface area contributed by atoms with Gasteiger partial charge in [-0.2, -0.15) is 0 Å². The topological polar surface area (TPSA) is 45.7 Å². The number of amides is 1. The van der Waals surface area contributed by atoms with Crippen LogP contribution in [0.3, 0.4) is 0 Å². The molecular formula is C16H19N3O2S. The molecule has 6 heteroatoms. The van der Waals surface area contributed by atoms with Crippen molar-refractivity contribution in [2.24, 2.45) is 0 Å². The second kappa shape index (κ2) is 6.89. The standard InChI is InChI=1S/C16H19N3O2S/c1-21-10-9-18-7-8-19(16(20)14-5-3-11-22-14)12-13-4-2-6-17-15(13)18/h2-6,11H,7-10,12H2,1H3. The van der Waals surface area contributed by atoms with Crippen molar-refractivity contribution in [3.63, 3.8) is 0 Å². The lowest BCUT2D eigenvalue weighted by Gasteiger charge is -2.23. The van der Waals surface area contributed by atoms with Gasteiger partial charge in [0.05, 0.1) is 11.5 Å². The zero-order chi connectivity index (χ0) is 15.4. The van der Waals surface area contributed by atoms with E-state index in [0.29, 0.717) is 19.7 Å². The molecule has 3 heterocycles. The Morgan fingerprint density at radius 2 is 2.27 bits per heavy atom. The number of rotatable bonds is 4. The molecule has 0 radical (unpaired) electrons. The van der Waals surface area contributed by atoms with Crippen molar-refractivity contribution in [3.8, 4) is 0 Å². The van der Waals surface area contributed by atoms with E-state index in [1.165, 1.54) is 11.3 Å². The summed E-state index contributed by atoms with van der Waals surface area (Å²) >= 11 is 1.49. The van der Waals surface area contributed by atoms with Crippen molar-refractivity contribution in [1.82, 2.24) is 9.88 Å². The average Bonchev–Trinajstić information content (AvgIpc) is 3.01. The van der Waals surface area contributed by atoms with E-state index in [1.54, 1.807) is 13.3 Å². The highest BCUT2D eigenvalue weighted by atomic mass is 32.1. The van der Waals surface area contributed by atoms with Gasteiger partial charge in [-0.1, -0.05) is 12.1 Å². The van der Waals surface area contributed by atoms with Crippen molar-refractivity contribution < 1.29 is 9.53 Å². The third-order valence-corrected chi connectivity index (χ3v) is 4.61. The van der Waals surface area contributed by atoms with Gasteiger partial charge in [0.25, 0.3) is 5.91 Å². The van der Waals surface area contributed by atoms with Crippen LogP contribution >= 0.6 is 11.3 Å². The SMILES string of the molecule is COCCN1CCN(C(=O)c2cccs2)Cc2cccnc21. The number of anilines is 1. The number of carbonyl (C=O) groups is 1. The first kappa shape index (κ1) is 15.0. The Bertz CT molecular complexity index is 630. The van der Waals surface area contributed by atoms with Crippen LogP contribution < -0.4 is 4.90 Å². The molecule has 0 atom stereocenters. The molecule has 0 saturated heterocycles. The zero-order valence-corrected chi connectivity index (χ0v) is 13.4. The van der Waals surface area contributed by atoms with Crippen molar-refractivity contribution >= 4 is 23.1 Å². The van der Waals surface area contributed by atoms with Gasteiger partial charge in [-0.25, -0.2) is 4.98 Å². The first-order chi connectivity index (χ1) is 10.8. The first-order valence-electron chi connectivity index (χ1n) is 7.30. The minimum Gasteiger partial charge on any atom is -0.383 e. The fourth-order valence-corrected chi connectivity index (χ4v) is 3.31. The number of fused-ring (bicyclic) bond motifs is 1. The highest BCUT2D eigenvalue weighted by Crippen LogP contribution is 2.24. The fraction of sp³-hybridized carbons (Fsp3) is 0.375. The lowest BCUT2D eigenvalue weighted by atomic mass is 10.2. The molecule has 2 aromatic rings. The molecule has 1 aliphatic heterocycles. The van der Waals surface area contributed by atoms with Gasteiger partial charge in [-0.3, -0.25) is 4.79 Å². The lowest BCUT2D eigenvalue weighted by molar-refractivity contribution is 0.0756. The Kier molecular flexibility index (Phi) is 4.70. The van der Waals surface area contributed by atoms with Crippen LogP contribution in [0.15, 0.2) is 35.8 Å². The van der Waals surface area contributed by atoms with E-state index in [2.05, 4.69) is 9.88 Å². The predicted octanol–water partition coefficient (Wildman–Crippen LogP) is 2.25. The molecule has 3 rings (SSSR count). The molecule has 116 valence electrons. The Balaban J connectivity index is 1.83. The van der Waals surface area contributed by atoms with E-state index in [4.69, 9.17) is 4.74 Å². The van der Waals surface area contributed by atoms with Gasteiger partial charge in [0.2, 0.25) is 0 Å². The zero-order valence-electron chi connectivity index (χ0n) is 12.6. The van der Waals surface area contributed by atoms with Gasteiger partial charge in [0, 0.05) is 45.0 Å². The van der Waals surface area contributed by atoms with Crippen LogP contribution in [0, 0.1) is 0 Å². The number of nitrogens with zero attached hydrogens (tertiary/aromatic N) is 3. The summed E-state index contributed by atoms with van der Waals surface area (Å²) < 4.78 is 5.19. The normalized spacial score (nSPS) is 14.6. The monoisotopic (exact) mass is 317 g/mol. The molecule has 5 nitrogen and oxygen atoms in total. The van der Waals surface area contributed by atoms with Crippen LogP contribution in [-0.4, -0.2) is 49.1 Å². The Morgan fingerprint density at radius 1 is 1.36 bits per heavy atom. The molecular weight excluding hydrogens is 298 g/mol. The summed E-state index contributed by atoms with van der Waals surface area (Å²) in [6, 6.07) is 7.76.